The van der Waals surface area contributed by atoms with Crippen molar-refractivity contribution in [3.63, 3.8) is 0 Å². The minimum Gasteiger partial charge on any atom is -0.441 e. The molecule has 0 saturated heterocycles. The Bertz CT molecular complexity index is 15.6. The standard InChI is InChI=1S/C3H8BO.2CH4/c1-3-5-4-2;;/h3H2,1-2H3;2*1H4. The molecule has 0 aromatic carbocycles. The van der Waals surface area contributed by atoms with Crippen LogP contribution in [0.15, 0.2) is 0 Å². The Hall–Kier alpha value is 0.0249. The Morgan fingerprint density at radius 1 is 1.43 bits per heavy atom. The SMILES string of the molecule is C.C.C[B]OCC. The molecule has 0 spiro atoms. The van der Waals surface area contributed by atoms with E-state index in [0.717, 1.165) is 6.61 Å². The Morgan fingerprint density at radius 3 is 1.86 bits per heavy atom. The fraction of sp³-hybridized carbons (Fsp3) is 1.00. The van der Waals surface area contributed by atoms with Gasteiger partial charge in [0.05, 0.1) is 0 Å². The second-order valence-corrected chi connectivity index (χ2v) is 0.691. The van der Waals surface area contributed by atoms with Gasteiger partial charge in [0, 0.05) is 6.61 Å². The van der Waals surface area contributed by atoms with Crippen molar-refractivity contribution in [2.75, 3.05) is 6.61 Å². The van der Waals surface area contributed by atoms with Gasteiger partial charge in [-0.15, -0.1) is 0 Å². The number of hydrogen-bond donors (Lipinski definition) is 0. The van der Waals surface area contributed by atoms with Crippen LogP contribution in [0.1, 0.15) is 21.8 Å². The molecule has 0 heterocycles. The van der Waals surface area contributed by atoms with Crippen molar-refractivity contribution in [3.8, 4) is 0 Å². The molecule has 0 unspecified atom stereocenters. The Balaban J connectivity index is -0.0000000800. The van der Waals surface area contributed by atoms with Crippen LogP contribution >= 0.6 is 0 Å². The molecule has 0 atom stereocenters. The molecule has 0 aliphatic carbocycles. The largest absolute Gasteiger partial charge is 0.441 e. The van der Waals surface area contributed by atoms with E-state index in [1.54, 1.807) is 7.48 Å². The van der Waals surface area contributed by atoms with Gasteiger partial charge in [-0.05, 0) is 6.92 Å². The normalized spacial score (nSPS) is 5.43. The highest BCUT2D eigenvalue weighted by Crippen LogP contribution is 1.61. The quantitative estimate of drug-likeness (QED) is 0.485. The molecule has 0 aromatic rings. The maximum Gasteiger partial charge on any atom is 0.288 e. The lowest BCUT2D eigenvalue weighted by molar-refractivity contribution is 0.364. The average molecular weight is 103 g/mol. The maximum absolute atomic E-state index is 4.71. The van der Waals surface area contributed by atoms with Crippen molar-refractivity contribution in [2.45, 2.75) is 28.6 Å². The van der Waals surface area contributed by atoms with Gasteiger partial charge in [0.2, 0.25) is 0 Å². The fourth-order valence-electron chi connectivity index (χ4n) is 0.167. The second-order valence-electron chi connectivity index (χ2n) is 0.691. The molecule has 0 aromatic heterocycles. The fourth-order valence-corrected chi connectivity index (χ4v) is 0.167. The van der Waals surface area contributed by atoms with Crippen molar-refractivity contribution in [2.24, 2.45) is 0 Å². The highest BCUT2D eigenvalue weighted by molar-refractivity contribution is 6.24. The summed E-state index contributed by atoms with van der Waals surface area (Å²) in [6, 6.07) is 0. The molecule has 45 valence electrons. The molecule has 0 N–H and O–H groups in total. The topological polar surface area (TPSA) is 9.23 Å². The first kappa shape index (κ1) is 15.7. The van der Waals surface area contributed by atoms with Gasteiger partial charge in [-0.1, -0.05) is 21.7 Å². The van der Waals surface area contributed by atoms with Crippen LogP contribution in [0.3, 0.4) is 0 Å². The van der Waals surface area contributed by atoms with E-state index in [1.165, 1.54) is 0 Å². The summed E-state index contributed by atoms with van der Waals surface area (Å²) in [5.74, 6) is 0. The first-order valence-electron chi connectivity index (χ1n) is 1.81. The van der Waals surface area contributed by atoms with Gasteiger partial charge in [-0.3, -0.25) is 0 Å². The van der Waals surface area contributed by atoms with Gasteiger partial charge < -0.3 is 4.65 Å². The molecular weight excluding hydrogens is 86.9 g/mol. The van der Waals surface area contributed by atoms with E-state index >= 15 is 0 Å². The third kappa shape index (κ3) is 23.8. The van der Waals surface area contributed by atoms with E-state index in [4.69, 9.17) is 4.65 Å². The van der Waals surface area contributed by atoms with Crippen molar-refractivity contribution < 1.29 is 4.65 Å². The molecule has 0 aliphatic heterocycles. The van der Waals surface area contributed by atoms with Crippen LogP contribution in [0.5, 0.6) is 0 Å². The summed E-state index contributed by atoms with van der Waals surface area (Å²) in [5.41, 5.74) is 0. The lowest BCUT2D eigenvalue weighted by Crippen LogP contribution is -1.88. The monoisotopic (exact) mass is 103 g/mol. The summed E-state index contributed by atoms with van der Waals surface area (Å²) >= 11 is 0. The van der Waals surface area contributed by atoms with Crippen LogP contribution in [0, 0.1) is 0 Å². The Labute approximate surface area is 48.3 Å². The molecule has 0 rings (SSSR count). The zero-order valence-electron chi connectivity index (χ0n) is 3.69. The highest BCUT2D eigenvalue weighted by Gasteiger charge is 1.69. The molecule has 0 bridgehead atoms. The van der Waals surface area contributed by atoms with Crippen molar-refractivity contribution >= 4 is 7.48 Å². The third-order valence-electron chi connectivity index (χ3n) is 0.333. The lowest BCUT2D eigenvalue weighted by atomic mass is 10.1. The number of rotatable bonds is 2. The lowest BCUT2D eigenvalue weighted by Gasteiger charge is -1.84. The van der Waals surface area contributed by atoms with Gasteiger partial charge in [-0.2, -0.15) is 0 Å². The summed E-state index contributed by atoms with van der Waals surface area (Å²) in [6.45, 7) is 4.61. The van der Waals surface area contributed by atoms with Crippen LogP contribution in [-0.4, -0.2) is 14.1 Å². The zero-order valence-corrected chi connectivity index (χ0v) is 3.69. The molecule has 0 saturated carbocycles. The van der Waals surface area contributed by atoms with Gasteiger partial charge >= 0.3 is 0 Å². The molecular formula is C5H16BO. The molecule has 0 fully saturated rings. The minimum atomic E-state index is 0. The molecule has 0 aliphatic rings. The predicted octanol–water partition coefficient (Wildman–Crippen LogP) is 1.96. The van der Waals surface area contributed by atoms with Crippen LogP contribution in [0.25, 0.3) is 0 Å². The van der Waals surface area contributed by atoms with Crippen LogP contribution < -0.4 is 0 Å². The first-order chi connectivity index (χ1) is 2.41. The van der Waals surface area contributed by atoms with Gasteiger partial charge in [0.1, 0.15) is 0 Å². The maximum atomic E-state index is 4.71. The van der Waals surface area contributed by atoms with E-state index in [9.17, 15) is 0 Å². The summed E-state index contributed by atoms with van der Waals surface area (Å²) in [6.07, 6.45) is 0. The second kappa shape index (κ2) is 16.6. The molecule has 0 amide bonds. The van der Waals surface area contributed by atoms with Crippen LogP contribution in [-0.2, 0) is 4.65 Å². The summed E-state index contributed by atoms with van der Waals surface area (Å²) < 4.78 is 4.71. The van der Waals surface area contributed by atoms with E-state index in [-0.39, 0.29) is 14.9 Å². The molecule has 7 heavy (non-hydrogen) atoms. The van der Waals surface area contributed by atoms with Gasteiger partial charge in [0.15, 0.2) is 0 Å². The zero-order chi connectivity index (χ0) is 4.12. The number of hydrogen-bond acceptors (Lipinski definition) is 1. The molecule has 2 heteroatoms. The summed E-state index contributed by atoms with van der Waals surface area (Å²) in [7, 11) is 1.68. The summed E-state index contributed by atoms with van der Waals surface area (Å²) in [4.78, 5) is 0. The Morgan fingerprint density at radius 2 is 1.86 bits per heavy atom. The van der Waals surface area contributed by atoms with Gasteiger partial charge in [-0.25, -0.2) is 0 Å². The van der Waals surface area contributed by atoms with Gasteiger partial charge in [0.25, 0.3) is 7.48 Å². The van der Waals surface area contributed by atoms with Crippen molar-refractivity contribution in [1.29, 1.82) is 0 Å². The Kier molecular flexibility index (Phi) is 37.4. The van der Waals surface area contributed by atoms with E-state index in [1.807, 2.05) is 13.7 Å². The van der Waals surface area contributed by atoms with E-state index in [2.05, 4.69) is 0 Å². The molecule has 1 radical (unpaired) electrons. The smallest absolute Gasteiger partial charge is 0.288 e. The van der Waals surface area contributed by atoms with Crippen LogP contribution in [0.4, 0.5) is 0 Å². The molecule has 1 nitrogen and oxygen atoms in total. The van der Waals surface area contributed by atoms with E-state index in [0.29, 0.717) is 0 Å². The van der Waals surface area contributed by atoms with Crippen molar-refractivity contribution in [3.05, 3.63) is 0 Å². The van der Waals surface area contributed by atoms with Crippen LogP contribution in [0.2, 0.25) is 6.82 Å². The minimum absolute atomic E-state index is 0. The highest BCUT2D eigenvalue weighted by atomic mass is 16.4. The van der Waals surface area contributed by atoms with E-state index < -0.39 is 0 Å². The predicted molar refractivity (Wildman–Crippen MR) is 36.7 cm³/mol. The summed E-state index contributed by atoms with van der Waals surface area (Å²) in [5, 5.41) is 0. The van der Waals surface area contributed by atoms with Crippen molar-refractivity contribution in [1.82, 2.24) is 0 Å². The first-order valence-corrected chi connectivity index (χ1v) is 1.81. The third-order valence-corrected chi connectivity index (χ3v) is 0.333. The average Bonchev–Trinajstić information content (AvgIpc) is 1.41.